The average molecular weight is 360 g/mol. The van der Waals surface area contributed by atoms with E-state index in [1.807, 2.05) is 0 Å². The van der Waals surface area contributed by atoms with Crippen LogP contribution in [0.2, 0.25) is 0 Å². The molecule has 0 heterocycles. The Hall–Kier alpha value is -0.650. The molecule has 0 fully saturated rings. The number of rotatable bonds is 18. The summed E-state index contributed by atoms with van der Waals surface area (Å²) in [5.74, 6) is 0.00212. The van der Waals surface area contributed by atoms with Crippen LogP contribution in [0.25, 0.3) is 0 Å². The van der Waals surface area contributed by atoms with Crippen LogP contribution in [-0.2, 0) is 4.79 Å². The van der Waals surface area contributed by atoms with Crippen LogP contribution in [0, 0.1) is 0 Å². The predicted octanol–water partition coefficient (Wildman–Crippen LogP) is 3.30. The predicted molar refractivity (Wildman–Crippen MR) is 102 cm³/mol. The van der Waals surface area contributed by atoms with E-state index < -0.39 is 12.2 Å². The molecule has 0 rings (SSSR count). The first-order chi connectivity index (χ1) is 12.1. The average Bonchev–Trinajstić information content (AvgIpc) is 2.61. The Morgan fingerprint density at radius 2 is 1.28 bits per heavy atom. The van der Waals surface area contributed by atoms with Gasteiger partial charge < -0.3 is 20.6 Å². The lowest BCUT2D eigenvalue weighted by atomic mass is 9.99. The van der Waals surface area contributed by atoms with E-state index in [1.165, 1.54) is 25.7 Å². The van der Waals surface area contributed by atoms with Gasteiger partial charge in [0.2, 0.25) is 5.91 Å². The van der Waals surface area contributed by atoms with Gasteiger partial charge in [0.15, 0.2) is 0 Å². The molecular weight excluding hydrogens is 318 g/mol. The highest BCUT2D eigenvalue weighted by Gasteiger charge is 2.15. The molecule has 0 radical (unpaired) electrons. The van der Waals surface area contributed by atoms with Crippen LogP contribution >= 0.6 is 0 Å². The van der Waals surface area contributed by atoms with Crippen molar-refractivity contribution >= 4 is 5.91 Å². The van der Waals surface area contributed by atoms with Gasteiger partial charge in [0, 0.05) is 13.0 Å². The van der Waals surface area contributed by atoms with Crippen molar-refractivity contribution in [3.05, 3.63) is 0 Å². The summed E-state index contributed by atoms with van der Waals surface area (Å²) < 4.78 is 0. The third-order valence-electron chi connectivity index (χ3n) is 4.64. The lowest BCUT2D eigenvalue weighted by Gasteiger charge is -2.17. The summed E-state index contributed by atoms with van der Waals surface area (Å²) in [6, 6.07) is 0. The number of aliphatic hydroxyl groups is 3. The molecule has 0 aromatic rings. The lowest BCUT2D eigenvalue weighted by molar-refractivity contribution is -0.121. The summed E-state index contributed by atoms with van der Waals surface area (Å²) >= 11 is 0. The molecule has 0 bridgehead atoms. The van der Waals surface area contributed by atoms with Crippen molar-refractivity contribution in [2.75, 3.05) is 13.2 Å². The zero-order valence-corrected chi connectivity index (χ0v) is 16.2. The minimum atomic E-state index is -0.597. The van der Waals surface area contributed by atoms with E-state index in [0.717, 1.165) is 44.9 Å². The third-order valence-corrected chi connectivity index (χ3v) is 4.64. The lowest BCUT2D eigenvalue weighted by Crippen LogP contribution is -2.26. The molecule has 1 amide bonds. The van der Waals surface area contributed by atoms with Gasteiger partial charge in [-0.05, 0) is 19.3 Å². The Morgan fingerprint density at radius 3 is 1.80 bits per heavy atom. The minimum absolute atomic E-state index is 0.00212. The molecule has 0 aliphatic carbocycles. The minimum Gasteiger partial charge on any atom is -0.395 e. The van der Waals surface area contributed by atoms with E-state index in [2.05, 4.69) is 12.2 Å². The van der Waals surface area contributed by atoms with E-state index in [4.69, 9.17) is 5.11 Å². The molecule has 0 saturated carbocycles. The van der Waals surface area contributed by atoms with Crippen molar-refractivity contribution in [3.8, 4) is 0 Å². The van der Waals surface area contributed by atoms with Crippen molar-refractivity contribution in [1.82, 2.24) is 5.32 Å². The highest BCUT2D eigenvalue weighted by molar-refractivity contribution is 5.75. The summed E-state index contributed by atoms with van der Waals surface area (Å²) in [5.41, 5.74) is 0. The van der Waals surface area contributed by atoms with E-state index >= 15 is 0 Å². The van der Waals surface area contributed by atoms with Gasteiger partial charge in [0.25, 0.3) is 0 Å². The van der Waals surface area contributed by atoms with Gasteiger partial charge in [-0.1, -0.05) is 71.1 Å². The van der Waals surface area contributed by atoms with E-state index in [-0.39, 0.29) is 12.5 Å². The van der Waals surface area contributed by atoms with E-state index in [9.17, 15) is 15.0 Å². The number of nitrogens with one attached hydrogen (secondary N) is 1. The van der Waals surface area contributed by atoms with Crippen LogP contribution < -0.4 is 5.32 Å². The molecule has 150 valence electrons. The number of hydrogen-bond acceptors (Lipinski definition) is 4. The van der Waals surface area contributed by atoms with Crippen molar-refractivity contribution in [1.29, 1.82) is 0 Å². The van der Waals surface area contributed by atoms with Gasteiger partial charge in [-0.15, -0.1) is 0 Å². The Labute approximate surface area is 154 Å². The standard InChI is InChI=1S/C20H41NO4/c1-2-3-4-5-7-10-13-18(23)19(24)14-11-8-6-9-12-15-20(25)21-16-17-22/h18-19,22-24H,2-17H2,1H3,(H,21,25). The van der Waals surface area contributed by atoms with Crippen LogP contribution in [0.4, 0.5) is 0 Å². The zero-order valence-electron chi connectivity index (χ0n) is 16.2. The summed E-state index contributed by atoms with van der Waals surface area (Å²) in [6.07, 6.45) is 12.8. The zero-order chi connectivity index (χ0) is 18.8. The number of carbonyl (C=O) groups is 1. The molecule has 0 aliphatic heterocycles. The van der Waals surface area contributed by atoms with E-state index in [1.54, 1.807) is 0 Å². The highest BCUT2D eigenvalue weighted by Crippen LogP contribution is 2.15. The van der Waals surface area contributed by atoms with Gasteiger partial charge in [-0.2, -0.15) is 0 Å². The first-order valence-corrected chi connectivity index (χ1v) is 10.4. The smallest absolute Gasteiger partial charge is 0.220 e. The van der Waals surface area contributed by atoms with Crippen LogP contribution in [0.5, 0.6) is 0 Å². The molecule has 25 heavy (non-hydrogen) atoms. The first kappa shape index (κ1) is 24.4. The molecule has 5 nitrogen and oxygen atoms in total. The van der Waals surface area contributed by atoms with Crippen LogP contribution in [0.3, 0.4) is 0 Å². The monoisotopic (exact) mass is 359 g/mol. The summed E-state index contributed by atoms with van der Waals surface area (Å²) in [7, 11) is 0. The van der Waals surface area contributed by atoms with Crippen molar-refractivity contribution in [2.45, 2.75) is 109 Å². The van der Waals surface area contributed by atoms with Crippen molar-refractivity contribution < 1.29 is 20.1 Å². The van der Waals surface area contributed by atoms with Gasteiger partial charge in [-0.3, -0.25) is 4.79 Å². The molecule has 2 atom stereocenters. The summed E-state index contributed by atoms with van der Waals surface area (Å²) in [4.78, 5) is 11.3. The molecule has 0 saturated heterocycles. The van der Waals surface area contributed by atoms with Gasteiger partial charge in [0.05, 0.1) is 18.8 Å². The number of amides is 1. The molecule has 2 unspecified atom stereocenters. The Balaban J connectivity index is 3.41. The van der Waals surface area contributed by atoms with Gasteiger partial charge in [-0.25, -0.2) is 0 Å². The SMILES string of the molecule is CCCCCCCCC(O)C(O)CCCCCCCC(=O)NCCO. The number of hydrogen-bond donors (Lipinski definition) is 4. The van der Waals surface area contributed by atoms with Crippen LogP contribution in [0.1, 0.15) is 96.8 Å². The summed E-state index contributed by atoms with van der Waals surface area (Å²) in [5, 5.41) is 31.2. The van der Waals surface area contributed by atoms with Crippen molar-refractivity contribution in [2.24, 2.45) is 0 Å². The van der Waals surface area contributed by atoms with Crippen LogP contribution in [-0.4, -0.2) is 46.6 Å². The van der Waals surface area contributed by atoms with Gasteiger partial charge in [0.1, 0.15) is 0 Å². The fourth-order valence-electron chi connectivity index (χ4n) is 2.97. The second-order valence-corrected chi connectivity index (χ2v) is 7.07. The molecule has 0 spiro atoms. The number of carbonyl (C=O) groups excluding carboxylic acids is 1. The fourth-order valence-corrected chi connectivity index (χ4v) is 2.97. The normalized spacial score (nSPS) is 13.6. The topological polar surface area (TPSA) is 89.8 Å². The quantitative estimate of drug-likeness (QED) is 0.283. The maximum atomic E-state index is 11.3. The highest BCUT2D eigenvalue weighted by atomic mass is 16.3. The Kier molecular flexibility index (Phi) is 17.7. The van der Waals surface area contributed by atoms with E-state index in [0.29, 0.717) is 25.8 Å². The molecule has 0 aliphatic rings. The maximum absolute atomic E-state index is 11.3. The second kappa shape index (κ2) is 18.2. The molecule has 4 N–H and O–H groups in total. The molecule has 0 aromatic carbocycles. The third kappa shape index (κ3) is 16.6. The Bertz CT molecular complexity index is 299. The largest absolute Gasteiger partial charge is 0.395 e. The number of aliphatic hydroxyl groups excluding tert-OH is 3. The first-order valence-electron chi connectivity index (χ1n) is 10.4. The summed E-state index contributed by atoms with van der Waals surface area (Å²) in [6.45, 7) is 2.52. The molecule has 0 aromatic heterocycles. The fraction of sp³-hybridized carbons (Fsp3) is 0.950. The van der Waals surface area contributed by atoms with Gasteiger partial charge >= 0.3 is 0 Å². The van der Waals surface area contributed by atoms with Crippen LogP contribution in [0.15, 0.2) is 0 Å². The number of unbranched alkanes of at least 4 members (excludes halogenated alkanes) is 9. The Morgan fingerprint density at radius 1 is 0.800 bits per heavy atom. The molecular formula is C20H41NO4. The molecule has 5 heteroatoms. The van der Waals surface area contributed by atoms with Crippen molar-refractivity contribution in [3.63, 3.8) is 0 Å². The maximum Gasteiger partial charge on any atom is 0.220 e. The second-order valence-electron chi connectivity index (χ2n) is 7.07.